The number of hydrogen-bond donors (Lipinski definition) is 1. The molecule has 1 aromatic heterocycles. The quantitative estimate of drug-likeness (QED) is 0.296. The van der Waals surface area contributed by atoms with Gasteiger partial charge in [-0.2, -0.15) is 0 Å². The van der Waals surface area contributed by atoms with E-state index in [1.807, 2.05) is 28.8 Å². The average molecular weight is 525 g/mol. The van der Waals surface area contributed by atoms with Crippen molar-refractivity contribution in [3.63, 3.8) is 0 Å². The molecule has 1 aromatic carbocycles. The minimum atomic E-state index is -0.950. The van der Waals surface area contributed by atoms with Gasteiger partial charge in [-0.15, -0.1) is 0 Å². The van der Waals surface area contributed by atoms with E-state index in [4.69, 9.17) is 4.84 Å². The first-order valence-corrected chi connectivity index (χ1v) is 14.6. The summed E-state index contributed by atoms with van der Waals surface area (Å²) in [4.78, 5) is 37.7. The molecule has 38 heavy (non-hydrogen) atoms. The number of carboxylic acid groups (broad SMARTS) is 1. The van der Waals surface area contributed by atoms with Gasteiger partial charge in [0.25, 0.3) is 5.56 Å². The molecule has 1 aliphatic carbocycles. The van der Waals surface area contributed by atoms with E-state index in [0.29, 0.717) is 17.6 Å². The number of hydrogen-bond acceptors (Lipinski definition) is 6. The van der Waals surface area contributed by atoms with Crippen LogP contribution < -0.4 is 5.56 Å². The van der Waals surface area contributed by atoms with Crippen LogP contribution in [0.1, 0.15) is 103 Å². The summed E-state index contributed by atoms with van der Waals surface area (Å²) in [6.45, 7) is 5.55. The molecule has 2 unspecified atom stereocenters. The molecule has 0 spiro atoms. The van der Waals surface area contributed by atoms with Crippen molar-refractivity contribution in [1.29, 1.82) is 0 Å². The summed E-state index contributed by atoms with van der Waals surface area (Å²) in [6, 6.07) is 8.89. The lowest BCUT2D eigenvalue weighted by Crippen LogP contribution is -2.51. The van der Waals surface area contributed by atoms with Crippen LogP contribution in [0.4, 0.5) is 0 Å². The monoisotopic (exact) mass is 524 g/mol. The highest BCUT2D eigenvalue weighted by atomic mass is 16.6. The summed E-state index contributed by atoms with van der Waals surface area (Å²) in [5, 5.41) is 13.3. The Kier molecular flexibility index (Phi) is 9.94. The largest absolute Gasteiger partial charge is 0.481 e. The summed E-state index contributed by atoms with van der Waals surface area (Å²) in [7, 11) is 1.40. The molecule has 2 fully saturated rings. The number of para-hydroxylation sites is 2. The van der Waals surface area contributed by atoms with Gasteiger partial charge in [0.15, 0.2) is 5.69 Å². The molecule has 0 amide bonds. The predicted molar refractivity (Wildman–Crippen MR) is 151 cm³/mol. The van der Waals surface area contributed by atoms with Crippen molar-refractivity contribution in [1.82, 2.24) is 14.5 Å². The van der Waals surface area contributed by atoms with Crippen molar-refractivity contribution >= 4 is 22.7 Å². The fraction of sp³-hybridized carbons (Fsp3) is 0.667. The molecule has 208 valence electrons. The van der Waals surface area contributed by atoms with E-state index in [-0.39, 0.29) is 35.8 Å². The summed E-state index contributed by atoms with van der Waals surface area (Å²) in [5.41, 5.74) is 1.80. The Labute approximate surface area is 226 Å². The number of benzene rings is 1. The first kappa shape index (κ1) is 28.3. The van der Waals surface area contributed by atoms with Gasteiger partial charge >= 0.3 is 5.97 Å². The standard InChI is InChI=1S/C30H44N4O4/c1-4-9-21-11-8-12-23(19-21)33-18-17-24(20-22(33)10-5-2)34-27-14-7-6-13-25(27)31-29(30(34)37)26(32-38-3)15-16-28(35)36/h6-7,13-14,21-24H,4-5,8-12,15-20H2,1-3H3,(H,35,36)/b32-26+/t21?,22-,23+,24?/m1/s1. The number of fused-ring (bicyclic) bond motifs is 1. The summed E-state index contributed by atoms with van der Waals surface area (Å²) in [5.74, 6) is -0.106. The van der Waals surface area contributed by atoms with Crippen LogP contribution in [0.3, 0.4) is 0 Å². The molecule has 1 saturated carbocycles. The molecule has 1 N–H and O–H groups in total. The van der Waals surface area contributed by atoms with Gasteiger partial charge in [-0.3, -0.25) is 14.5 Å². The first-order valence-electron chi connectivity index (χ1n) is 14.6. The third-order valence-electron chi connectivity index (χ3n) is 8.49. The zero-order chi connectivity index (χ0) is 27.1. The highest BCUT2D eigenvalue weighted by Crippen LogP contribution is 2.37. The van der Waals surface area contributed by atoms with Gasteiger partial charge < -0.3 is 14.5 Å². The maximum atomic E-state index is 14.0. The number of oxime groups is 1. The van der Waals surface area contributed by atoms with Gasteiger partial charge in [0.05, 0.1) is 17.5 Å². The van der Waals surface area contributed by atoms with Crippen molar-refractivity contribution in [3.8, 4) is 0 Å². The van der Waals surface area contributed by atoms with E-state index in [0.717, 1.165) is 43.7 Å². The van der Waals surface area contributed by atoms with Crippen LogP contribution in [-0.2, 0) is 9.63 Å². The Bertz CT molecular complexity index is 1170. The Balaban J connectivity index is 1.68. The minimum absolute atomic E-state index is 0.0558. The fourth-order valence-corrected chi connectivity index (χ4v) is 6.86. The minimum Gasteiger partial charge on any atom is -0.481 e. The van der Waals surface area contributed by atoms with Crippen LogP contribution in [0.25, 0.3) is 11.0 Å². The number of carbonyl (C=O) groups is 1. The third-order valence-corrected chi connectivity index (χ3v) is 8.49. The SMILES string of the molecule is CCCC1CCC[C@H](N2CCC(n3c(=O)c(/C(CCC(=O)O)=N/OC)nc4ccccc43)C[C@H]2CCC)C1. The van der Waals surface area contributed by atoms with Crippen molar-refractivity contribution in [2.75, 3.05) is 13.7 Å². The van der Waals surface area contributed by atoms with E-state index < -0.39 is 5.97 Å². The zero-order valence-corrected chi connectivity index (χ0v) is 23.3. The molecular weight excluding hydrogens is 480 g/mol. The Morgan fingerprint density at radius 3 is 2.61 bits per heavy atom. The molecule has 2 aliphatic rings. The summed E-state index contributed by atoms with van der Waals surface area (Å²) >= 11 is 0. The van der Waals surface area contributed by atoms with Gasteiger partial charge in [-0.05, 0) is 50.2 Å². The second-order valence-electron chi connectivity index (χ2n) is 11.1. The normalized spacial score (nSPS) is 25.0. The van der Waals surface area contributed by atoms with Gasteiger partial charge in [-0.25, -0.2) is 4.98 Å². The molecule has 1 saturated heterocycles. The molecule has 2 aromatic rings. The molecule has 2 heterocycles. The smallest absolute Gasteiger partial charge is 0.303 e. The van der Waals surface area contributed by atoms with E-state index in [1.54, 1.807) is 0 Å². The molecule has 1 aliphatic heterocycles. The highest BCUT2D eigenvalue weighted by Gasteiger charge is 2.36. The number of aromatic nitrogens is 2. The maximum absolute atomic E-state index is 14.0. The zero-order valence-electron chi connectivity index (χ0n) is 23.3. The molecule has 0 bridgehead atoms. The van der Waals surface area contributed by atoms with Crippen molar-refractivity contribution in [3.05, 3.63) is 40.3 Å². The topological polar surface area (TPSA) is 97.0 Å². The summed E-state index contributed by atoms with van der Waals surface area (Å²) < 4.78 is 1.92. The number of aliphatic carboxylic acids is 1. The van der Waals surface area contributed by atoms with Gasteiger partial charge in [0, 0.05) is 31.1 Å². The van der Waals surface area contributed by atoms with Crippen molar-refractivity contribution < 1.29 is 14.7 Å². The van der Waals surface area contributed by atoms with Crippen molar-refractivity contribution in [2.24, 2.45) is 11.1 Å². The molecule has 4 atom stereocenters. The second kappa shape index (κ2) is 13.4. The number of piperidine rings is 1. The third kappa shape index (κ3) is 6.45. The lowest BCUT2D eigenvalue weighted by molar-refractivity contribution is -0.136. The maximum Gasteiger partial charge on any atom is 0.303 e. The molecule has 0 radical (unpaired) electrons. The van der Waals surface area contributed by atoms with E-state index in [1.165, 1.54) is 45.6 Å². The lowest BCUT2D eigenvalue weighted by atomic mass is 9.80. The molecule has 8 heteroatoms. The molecular formula is C30H44N4O4. The number of nitrogens with zero attached hydrogens (tertiary/aromatic N) is 4. The van der Waals surface area contributed by atoms with Gasteiger partial charge in [-0.1, -0.05) is 63.2 Å². The highest BCUT2D eigenvalue weighted by molar-refractivity contribution is 6.00. The van der Waals surface area contributed by atoms with Gasteiger partial charge in [0.2, 0.25) is 0 Å². The van der Waals surface area contributed by atoms with Crippen LogP contribution in [0, 0.1) is 5.92 Å². The van der Waals surface area contributed by atoms with Crippen molar-refractivity contribution in [2.45, 2.75) is 109 Å². The Hall–Kier alpha value is -2.74. The lowest BCUT2D eigenvalue weighted by Gasteiger charge is -2.47. The molecule has 8 nitrogen and oxygen atoms in total. The first-order chi connectivity index (χ1) is 18.5. The fourth-order valence-electron chi connectivity index (χ4n) is 6.86. The van der Waals surface area contributed by atoms with E-state index >= 15 is 0 Å². The van der Waals surface area contributed by atoms with E-state index in [2.05, 4.69) is 28.9 Å². The Morgan fingerprint density at radius 2 is 1.87 bits per heavy atom. The van der Waals surface area contributed by atoms with Crippen LogP contribution in [0.2, 0.25) is 0 Å². The second-order valence-corrected chi connectivity index (χ2v) is 11.1. The predicted octanol–water partition coefficient (Wildman–Crippen LogP) is 5.78. The average Bonchev–Trinajstić information content (AvgIpc) is 2.91. The number of likely N-dealkylation sites (tertiary alicyclic amines) is 1. The number of rotatable bonds is 11. The van der Waals surface area contributed by atoms with Gasteiger partial charge in [0.1, 0.15) is 12.8 Å². The summed E-state index contributed by atoms with van der Waals surface area (Å²) in [6.07, 6.45) is 11.9. The van der Waals surface area contributed by atoms with Crippen LogP contribution in [-0.4, -0.2) is 57.0 Å². The Morgan fingerprint density at radius 1 is 1.08 bits per heavy atom. The van der Waals surface area contributed by atoms with E-state index in [9.17, 15) is 14.7 Å². The number of carboxylic acids is 1. The molecule has 4 rings (SSSR count). The van der Waals surface area contributed by atoms with Crippen LogP contribution >= 0.6 is 0 Å². The van der Waals surface area contributed by atoms with Crippen LogP contribution in [0.5, 0.6) is 0 Å². The van der Waals surface area contributed by atoms with Crippen LogP contribution in [0.15, 0.2) is 34.2 Å².